The molecule has 2 rings (SSSR count). The second kappa shape index (κ2) is 9.10. The number of nitrogens with one attached hydrogen (secondary N) is 2. The summed E-state index contributed by atoms with van der Waals surface area (Å²) in [6, 6.07) is 9.64. The maximum atomic E-state index is 12.6. The number of hydrogen-bond acceptors (Lipinski definition) is 4. The highest BCUT2D eigenvalue weighted by Gasteiger charge is 2.15. The van der Waals surface area contributed by atoms with Crippen molar-refractivity contribution in [2.45, 2.75) is 13.3 Å². The molecular formula is C19H21ClN2O4. The molecule has 0 saturated carbocycles. The molecule has 26 heavy (non-hydrogen) atoms. The fourth-order valence-electron chi connectivity index (χ4n) is 2.29. The molecule has 0 aliphatic carbocycles. The molecule has 0 saturated heterocycles. The van der Waals surface area contributed by atoms with Crippen molar-refractivity contribution in [3.8, 4) is 11.5 Å². The van der Waals surface area contributed by atoms with Crippen LogP contribution in [0.2, 0.25) is 5.02 Å². The van der Waals surface area contributed by atoms with Gasteiger partial charge in [-0.2, -0.15) is 0 Å². The standard InChI is InChI=1S/C19H21ClN2O4/c1-4-8-21-18(23)12-6-5-7-13(9-12)19(24)22-15-11-16(25-2)14(20)10-17(15)26-3/h5-7,9-11H,4,8H2,1-3H3,(H,21,23)(H,22,24). The molecular weight excluding hydrogens is 356 g/mol. The van der Waals surface area contributed by atoms with Crippen LogP contribution in [0.15, 0.2) is 36.4 Å². The van der Waals surface area contributed by atoms with E-state index in [9.17, 15) is 9.59 Å². The van der Waals surface area contributed by atoms with Crippen molar-refractivity contribution in [2.75, 3.05) is 26.1 Å². The number of rotatable bonds is 7. The minimum Gasteiger partial charge on any atom is -0.495 e. The predicted octanol–water partition coefficient (Wildman–Crippen LogP) is 3.75. The summed E-state index contributed by atoms with van der Waals surface area (Å²) in [6.07, 6.45) is 0.837. The second-order valence-corrected chi connectivity index (χ2v) is 5.89. The van der Waals surface area contributed by atoms with Gasteiger partial charge in [0.1, 0.15) is 11.5 Å². The quantitative estimate of drug-likeness (QED) is 0.771. The third-order valence-electron chi connectivity index (χ3n) is 3.64. The highest BCUT2D eigenvalue weighted by atomic mass is 35.5. The van der Waals surface area contributed by atoms with Crippen LogP contribution >= 0.6 is 11.6 Å². The summed E-state index contributed by atoms with van der Waals surface area (Å²) in [5, 5.41) is 5.91. The molecule has 7 heteroatoms. The second-order valence-electron chi connectivity index (χ2n) is 5.48. The monoisotopic (exact) mass is 376 g/mol. The summed E-state index contributed by atoms with van der Waals surface area (Å²) in [4.78, 5) is 24.6. The van der Waals surface area contributed by atoms with Gasteiger partial charge in [-0.3, -0.25) is 9.59 Å². The van der Waals surface area contributed by atoms with Crippen LogP contribution in [0.4, 0.5) is 5.69 Å². The van der Waals surface area contributed by atoms with E-state index in [4.69, 9.17) is 21.1 Å². The zero-order valence-corrected chi connectivity index (χ0v) is 15.6. The molecule has 0 spiro atoms. The van der Waals surface area contributed by atoms with Gasteiger partial charge in [0.25, 0.3) is 11.8 Å². The van der Waals surface area contributed by atoms with Crippen molar-refractivity contribution in [1.82, 2.24) is 5.32 Å². The number of amides is 2. The van der Waals surface area contributed by atoms with E-state index in [0.29, 0.717) is 39.9 Å². The summed E-state index contributed by atoms with van der Waals surface area (Å²) in [5.41, 5.74) is 1.19. The number of halogens is 1. The average Bonchev–Trinajstić information content (AvgIpc) is 2.66. The van der Waals surface area contributed by atoms with E-state index >= 15 is 0 Å². The first-order valence-corrected chi connectivity index (χ1v) is 8.49. The van der Waals surface area contributed by atoms with E-state index in [-0.39, 0.29) is 11.8 Å². The Labute approximate surface area is 157 Å². The zero-order chi connectivity index (χ0) is 19.1. The van der Waals surface area contributed by atoms with Crippen LogP contribution in [0.1, 0.15) is 34.1 Å². The fourth-order valence-corrected chi connectivity index (χ4v) is 2.53. The minimum atomic E-state index is -0.377. The van der Waals surface area contributed by atoms with Crippen molar-refractivity contribution < 1.29 is 19.1 Å². The molecule has 2 amide bonds. The van der Waals surface area contributed by atoms with Gasteiger partial charge < -0.3 is 20.1 Å². The molecule has 2 aromatic rings. The van der Waals surface area contributed by atoms with Gasteiger partial charge in [-0.1, -0.05) is 24.6 Å². The Kier molecular flexibility index (Phi) is 6.86. The van der Waals surface area contributed by atoms with Crippen molar-refractivity contribution in [1.29, 1.82) is 0 Å². The number of hydrogen-bond donors (Lipinski definition) is 2. The van der Waals surface area contributed by atoms with Gasteiger partial charge in [0.05, 0.1) is 24.9 Å². The number of anilines is 1. The molecule has 0 aromatic heterocycles. The van der Waals surface area contributed by atoms with Crippen LogP contribution < -0.4 is 20.1 Å². The molecule has 138 valence electrons. The lowest BCUT2D eigenvalue weighted by Gasteiger charge is -2.13. The molecule has 2 N–H and O–H groups in total. The van der Waals surface area contributed by atoms with Crippen molar-refractivity contribution in [2.24, 2.45) is 0 Å². The topological polar surface area (TPSA) is 76.7 Å². The number of carbonyl (C=O) groups is 2. The Morgan fingerprint density at radius 1 is 1.00 bits per heavy atom. The smallest absolute Gasteiger partial charge is 0.255 e. The number of methoxy groups -OCH3 is 2. The SMILES string of the molecule is CCCNC(=O)c1cccc(C(=O)Nc2cc(OC)c(Cl)cc2OC)c1. The molecule has 0 bridgehead atoms. The Bertz CT molecular complexity index is 808. The van der Waals surface area contributed by atoms with E-state index in [0.717, 1.165) is 6.42 Å². The highest BCUT2D eigenvalue weighted by molar-refractivity contribution is 6.32. The predicted molar refractivity (Wildman–Crippen MR) is 102 cm³/mol. The van der Waals surface area contributed by atoms with Gasteiger partial charge in [0, 0.05) is 29.8 Å². The molecule has 0 radical (unpaired) electrons. The summed E-state index contributed by atoms with van der Waals surface area (Å²) >= 11 is 6.07. The van der Waals surface area contributed by atoms with Gasteiger partial charge in [0.2, 0.25) is 0 Å². The number of ether oxygens (including phenoxy) is 2. The number of carbonyl (C=O) groups excluding carboxylic acids is 2. The highest BCUT2D eigenvalue weighted by Crippen LogP contribution is 2.36. The van der Waals surface area contributed by atoms with Crippen LogP contribution in [0.25, 0.3) is 0 Å². The largest absolute Gasteiger partial charge is 0.495 e. The van der Waals surface area contributed by atoms with Crippen LogP contribution in [-0.4, -0.2) is 32.6 Å². The molecule has 0 heterocycles. The maximum Gasteiger partial charge on any atom is 0.255 e. The summed E-state index contributed by atoms with van der Waals surface area (Å²) in [6.45, 7) is 2.55. The Morgan fingerprint density at radius 2 is 1.65 bits per heavy atom. The van der Waals surface area contributed by atoms with Crippen molar-refractivity contribution in [3.05, 3.63) is 52.5 Å². The minimum absolute atomic E-state index is 0.216. The Morgan fingerprint density at radius 3 is 2.27 bits per heavy atom. The van der Waals surface area contributed by atoms with Crippen LogP contribution in [0.5, 0.6) is 11.5 Å². The number of benzene rings is 2. The van der Waals surface area contributed by atoms with E-state index in [1.54, 1.807) is 36.4 Å². The summed E-state index contributed by atoms with van der Waals surface area (Å²) in [7, 11) is 2.96. The van der Waals surface area contributed by atoms with Gasteiger partial charge >= 0.3 is 0 Å². The summed E-state index contributed by atoms with van der Waals surface area (Å²) < 4.78 is 10.4. The third kappa shape index (κ3) is 4.67. The first kappa shape index (κ1) is 19.6. The van der Waals surface area contributed by atoms with Crippen molar-refractivity contribution in [3.63, 3.8) is 0 Å². The van der Waals surface area contributed by atoms with Gasteiger partial charge in [0.15, 0.2) is 0 Å². The van der Waals surface area contributed by atoms with Gasteiger partial charge in [-0.25, -0.2) is 0 Å². The van der Waals surface area contributed by atoms with Crippen LogP contribution in [-0.2, 0) is 0 Å². The van der Waals surface area contributed by atoms with E-state index in [2.05, 4.69) is 10.6 Å². The third-order valence-corrected chi connectivity index (χ3v) is 3.94. The maximum absolute atomic E-state index is 12.6. The van der Waals surface area contributed by atoms with E-state index in [1.165, 1.54) is 14.2 Å². The average molecular weight is 377 g/mol. The molecule has 0 aliphatic heterocycles. The van der Waals surface area contributed by atoms with Crippen LogP contribution in [0, 0.1) is 0 Å². The Balaban J connectivity index is 2.24. The zero-order valence-electron chi connectivity index (χ0n) is 14.9. The lowest BCUT2D eigenvalue weighted by molar-refractivity contribution is 0.0953. The van der Waals surface area contributed by atoms with Crippen molar-refractivity contribution >= 4 is 29.1 Å². The van der Waals surface area contributed by atoms with E-state index in [1.807, 2.05) is 6.92 Å². The lowest BCUT2D eigenvalue weighted by Crippen LogP contribution is -2.24. The molecule has 0 aliphatic rings. The summed E-state index contributed by atoms with van der Waals surface area (Å²) in [5.74, 6) is 0.224. The molecule has 2 aromatic carbocycles. The molecule has 0 unspecified atom stereocenters. The van der Waals surface area contributed by atoms with E-state index < -0.39 is 0 Å². The van der Waals surface area contributed by atoms with Gasteiger partial charge in [-0.15, -0.1) is 0 Å². The fraction of sp³-hybridized carbons (Fsp3) is 0.263. The normalized spacial score (nSPS) is 10.2. The first-order chi connectivity index (χ1) is 12.5. The molecule has 0 fully saturated rings. The van der Waals surface area contributed by atoms with Crippen LogP contribution in [0.3, 0.4) is 0 Å². The Hall–Kier alpha value is -2.73. The first-order valence-electron chi connectivity index (χ1n) is 8.11. The van der Waals surface area contributed by atoms with Gasteiger partial charge in [-0.05, 0) is 24.6 Å². The molecule has 0 atom stereocenters. The lowest BCUT2D eigenvalue weighted by atomic mass is 10.1. The molecule has 6 nitrogen and oxygen atoms in total.